The van der Waals surface area contributed by atoms with E-state index in [0.717, 1.165) is 0 Å². The summed E-state index contributed by atoms with van der Waals surface area (Å²) in [6.07, 6.45) is -0.855. The van der Waals surface area contributed by atoms with Crippen molar-refractivity contribution in [1.82, 2.24) is 0 Å². The number of benzene rings is 1. The van der Waals surface area contributed by atoms with Crippen molar-refractivity contribution >= 4 is 17.7 Å². The molecule has 0 unspecified atom stereocenters. The molecule has 3 N–H and O–H groups in total. The van der Waals surface area contributed by atoms with Crippen molar-refractivity contribution < 1.29 is 29.7 Å². The van der Waals surface area contributed by atoms with Gasteiger partial charge in [-0.1, -0.05) is 17.3 Å². The molecule has 1 atom stereocenters. The molecule has 2 rings (SSSR count). The Morgan fingerprint density at radius 1 is 1.37 bits per heavy atom. The van der Waals surface area contributed by atoms with E-state index in [0.29, 0.717) is 11.3 Å². The maximum absolute atomic E-state index is 11.2. The fraction of sp³-hybridized carbons (Fsp3) is 0.250. The van der Waals surface area contributed by atoms with Crippen molar-refractivity contribution in [2.24, 2.45) is 5.16 Å². The summed E-state index contributed by atoms with van der Waals surface area (Å²) in [4.78, 5) is 26.8. The van der Waals surface area contributed by atoms with Gasteiger partial charge in [-0.05, 0) is 12.1 Å². The van der Waals surface area contributed by atoms with E-state index in [9.17, 15) is 14.7 Å². The number of hydrogen-bond donors (Lipinski definition) is 3. The van der Waals surface area contributed by atoms with E-state index in [2.05, 4.69) is 5.16 Å². The van der Waals surface area contributed by atoms with E-state index in [1.54, 1.807) is 12.1 Å². The lowest BCUT2D eigenvalue weighted by Gasteiger charge is -2.18. The van der Waals surface area contributed by atoms with Gasteiger partial charge in [0.25, 0.3) is 0 Å². The Kier molecular flexibility index (Phi) is 3.12. The molecule has 0 aromatic heterocycles. The first-order valence-corrected chi connectivity index (χ1v) is 5.42. The molecule has 7 heteroatoms. The number of aromatic hydroxyl groups is 1. The maximum atomic E-state index is 11.2. The zero-order valence-corrected chi connectivity index (χ0v) is 9.74. The zero-order chi connectivity index (χ0) is 14.0. The number of aliphatic carboxylic acids is 2. The molecule has 0 saturated carbocycles. The number of phenolic OH excluding ortho intramolecular Hbond substituents is 1. The van der Waals surface area contributed by atoms with Crippen LogP contribution in [0.4, 0.5) is 0 Å². The van der Waals surface area contributed by atoms with Gasteiger partial charge in [0.1, 0.15) is 5.75 Å². The number of carboxylic acids is 2. The number of phenols is 1. The van der Waals surface area contributed by atoms with Crippen molar-refractivity contribution in [2.75, 3.05) is 0 Å². The van der Waals surface area contributed by atoms with E-state index in [1.807, 2.05) is 0 Å². The standard InChI is InChI=1S/C12H11NO6/c14-8-3-1-2-7(4-8)9-5-12(11(17)18,19-13-9)6-10(15)16/h1-4,14H,5-6H2,(H,15,16)(H,17,18)/t12-/m1/s1. The third-order valence-electron chi connectivity index (χ3n) is 2.79. The molecular weight excluding hydrogens is 254 g/mol. The van der Waals surface area contributed by atoms with Gasteiger partial charge < -0.3 is 20.2 Å². The SMILES string of the molecule is O=C(O)C[C@@]1(C(=O)O)CC(c2cccc(O)c2)=NO1. The monoisotopic (exact) mass is 265 g/mol. The van der Waals surface area contributed by atoms with Crippen molar-refractivity contribution in [3.05, 3.63) is 29.8 Å². The fourth-order valence-electron chi connectivity index (χ4n) is 1.85. The number of hydrogen-bond acceptors (Lipinski definition) is 5. The lowest BCUT2D eigenvalue weighted by atomic mass is 9.91. The molecule has 0 saturated heterocycles. The second-order valence-electron chi connectivity index (χ2n) is 4.23. The summed E-state index contributed by atoms with van der Waals surface area (Å²) in [6, 6.07) is 6.06. The summed E-state index contributed by atoms with van der Waals surface area (Å²) in [5.41, 5.74) is -1.10. The summed E-state index contributed by atoms with van der Waals surface area (Å²) < 4.78 is 0. The summed E-state index contributed by atoms with van der Waals surface area (Å²) in [5.74, 6) is -2.66. The predicted octanol–water partition coefficient (Wildman–Crippen LogP) is 0.815. The van der Waals surface area contributed by atoms with Crippen LogP contribution in [0, 0.1) is 0 Å². The third kappa shape index (κ3) is 2.49. The van der Waals surface area contributed by atoms with E-state index < -0.39 is 24.0 Å². The second kappa shape index (κ2) is 4.60. The van der Waals surface area contributed by atoms with Gasteiger partial charge in [0.05, 0.1) is 12.1 Å². The number of oxime groups is 1. The largest absolute Gasteiger partial charge is 0.508 e. The molecule has 19 heavy (non-hydrogen) atoms. The Balaban J connectivity index is 2.25. The lowest BCUT2D eigenvalue weighted by molar-refractivity contribution is -0.169. The zero-order valence-electron chi connectivity index (χ0n) is 9.74. The molecule has 0 aliphatic carbocycles. The first-order valence-electron chi connectivity index (χ1n) is 5.42. The van der Waals surface area contributed by atoms with Crippen molar-refractivity contribution in [1.29, 1.82) is 0 Å². The topological polar surface area (TPSA) is 116 Å². The van der Waals surface area contributed by atoms with Crippen LogP contribution in [0.2, 0.25) is 0 Å². The molecule has 0 amide bonds. The summed E-state index contributed by atoms with van der Waals surface area (Å²) >= 11 is 0. The molecule has 1 aromatic carbocycles. The van der Waals surface area contributed by atoms with Gasteiger partial charge in [-0.3, -0.25) is 4.79 Å². The van der Waals surface area contributed by atoms with E-state index in [1.165, 1.54) is 12.1 Å². The molecular formula is C12H11NO6. The normalized spacial score (nSPS) is 21.6. The quantitative estimate of drug-likeness (QED) is 0.741. The van der Waals surface area contributed by atoms with Crippen LogP contribution in [0.25, 0.3) is 0 Å². The molecule has 1 heterocycles. The molecule has 1 aliphatic rings. The summed E-state index contributed by atoms with van der Waals surface area (Å²) in [7, 11) is 0. The first kappa shape index (κ1) is 12.9. The number of carbonyl (C=O) groups is 2. The maximum Gasteiger partial charge on any atom is 0.351 e. The van der Waals surface area contributed by atoms with E-state index >= 15 is 0 Å². The smallest absolute Gasteiger partial charge is 0.351 e. The highest BCUT2D eigenvalue weighted by Crippen LogP contribution is 2.31. The van der Waals surface area contributed by atoms with Crippen LogP contribution in [-0.2, 0) is 14.4 Å². The first-order chi connectivity index (χ1) is 8.93. The second-order valence-corrected chi connectivity index (χ2v) is 4.23. The van der Waals surface area contributed by atoms with Gasteiger partial charge in [-0.25, -0.2) is 4.79 Å². The van der Waals surface area contributed by atoms with Crippen LogP contribution in [0.15, 0.2) is 29.4 Å². The number of nitrogens with zero attached hydrogens (tertiary/aromatic N) is 1. The Hall–Kier alpha value is -2.57. The molecule has 100 valence electrons. The molecule has 0 spiro atoms. The Morgan fingerprint density at radius 2 is 2.11 bits per heavy atom. The van der Waals surface area contributed by atoms with Crippen LogP contribution >= 0.6 is 0 Å². The highest BCUT2D eigenvalue weighted by molar-refractivity contribution is 6.05. The molecule has 1 aromatic rings. The van der Waals surface area contributed by atoms with Crippen molar-refractivity contribution in [3.8, 4) is 5.75 Å². The van der Waals surface area contributed by atoms with Gasteiger partial charge in [0, 0.05) is 12.0 Å². The van der Waals surface area contributed by atoms with Crippen molar-refractivity contribution in [2.45, 2.75) is 18.4 Å². The van der Waals surface area contributed by atoms with E-state index in [4.69, 9.17) is 15.1 Å². The van der Waals surface area contributed by atoms with Gasteiger partial charge in [0.15, 0.2) is 0 Å². The van der Waals surface area contributed by atoms with Gasteiger partial charge in [-0.15, -0.1) is 0 Å². The molecule has 7 nitrogen and oxygen atoms in total. The fourth-order valence-corrected chi connectivity index (χ4v) is 1.85. The average molecular weight is 265 g/mol. The third-order valence-corrected chi connectivity index (χ3v) is 2.79. The molecule has 0 bridgehead atoms. The van der Waals surface area contributed by atoms with E-state index in [-0.39, 0.29) is 12.2 Å². The predicted molar refractivity (Wildman–Crippen MR) is 63.0 cm³/mol. The molecule has 0 radical (unpaired) electrons. The molecule has 1 aliphatic heterocycles. The van der Waals surface area contributed by atoms with Gasteiger partial charge >= 0.3 is 11.9 Å². The number of carboxylic acid groups (broad SMARTS) is 2. The highest BCUT2D eigenvalue weighted by atomic mass is 16.7. The Bertz CT molecular complexity index is 567. The van der Waals surface area contributed by atoms with Crippen LogP contribution in [0.5, 0.6) is 5.75 Å². The number of rotatable bonds is 4. The summed E-state index contributed by atoms with van der Waals surface area (Å²) in [5, 5.41) is 30.9. The van der Waals surface area contributed by atoms with Crippen LogP contribution < -0.4 is 0 Å². The molecule has 0 fully saturated rings. The van der Waals surface area contributed by atoms with Crippen molar-refractivity contribution in [3.63, 3.8) is 0 Å². The average Bonchev–Trinajstić information content (AvgIpc) is 2.74. The Labute approximate surface area is 107 Å². The Morgan fingerprint density at radius 3 is 2.68 bits per heavy atom. The van der Waals surface area contributed by atoms with Crippen LogP contribution in [0.1, 0.15) is 18.4 Å². The van der Waals surface area contributed by atoms with Crippen LogP contribution in [0.3, 0.4) is 0 Å². The minimum absolute atomic E-state index is 0.00580. The lowest BCUT2D eigenvalue weighted by Crippen LogP contribution is -2.41. The minimum atomic E-state index is -1.88. The van der Waals surface area contributed by atoms with Crippen LogP contribution in [-0.4, -0.2) is 38.6 Å². The minimum Gasteiger partial charge on any atom is -0.508 e. The van der Waals surface area contributed by atoms with Gasteiger partial charge in [-0.2, -0.15) is 0 Å². The summed E-state index contributed by atoms with van der Waals surface area (Å²) in [6.45, 7) is 0. The van der Waals surface area contributed by atoms with Gasteiger partial charge in [0.2, 0.25) is 5.60 Å². The highest BCUT2D eigenvalue weighted by Gasteiger charge is 2.49.